The molecule has 1 aliphatic rings. The SMILES string of the molecule is NC1(Cc2cccc(F)c2Cl)CCc2ccccc21. The molecular formula is C16H15ClFN. The zero-order valence-electron chi connectivity index (χ0n) is 10.5. The van der Waals surface area contributed by atoms with Gasteiger partial charge in [0.15, 0.2) is 0 Å². The first-order valence-corrected chi connectivity index (χ1v) is 6.78. The van der Waals surface area contributed by atoms with Gasteiger partial charge in [-0.25, -0.2) is 4.39 Å². The quantitative estimate of drug-likeness (QED) is 0.886. The van der Waals surface area contributed by atoms with Crippen molar-refractivity contribution in [3.05, 3.63) is 70.0 Å². The summed E-state index contributed by atoms with van der Waals surface area (Å²) in [5, 5.41) is 0.191. The van der Waals surface area contributed by atoms with E-state index in [9.17, 15) is 4.39 Å². The molecule has 1 unspecified atom stereocenters. The van der Waals surface area contributed by atoms with E-state index in [0.29, 0.717) is 6.42 Å². The van der Waals surface area contributed by atoms with Gasteiger partial charge in [0.2, 0.25) is 0 Å². The lowest BCUT2D eigenvalue weighted by atomic mass is 9.86. The zero-order chi connectivity index (χ0) is 13.5. The third-order valence-electron chi connectivity index (χ3n) is 3.93. The molecule has 0 aromatic heterocycles. The minimum absolute atomic E-state index is 0.191. The molecule has 2 aromatic carbocycles. The van der Waals surface area contributed by atoms with Gasteiger partial charge < -0.3 is 5.73 Å². The molecule has 1 aliphatic carbocycles. The van der Waals surface area contributed by atoms with Gasteiger partial charge in [-0.05, 0) is 42.0 Å². The highest BCUT2D eigenvalue weighted by molar-refractivity contribution is 6.31. The summed E-state index contributed by atoms with van der Waals surface area (Å²) in [6.07, 6.45) is 2.42. The Morgan fingerprint density at radius 1 is 1.16 bits per heavy atom. The van der Waals surface area contributed by atoms with Crippen LogP contribution in [0.1, 0.15) is 23.1 Å². The molecule has 1 atom stereocenters. The van der Waals surface area contributed by atoms with Crippen molar-refractivity contribution in [2.75, 3.05) is 0 Å². The van der Waals surface area contributed by atoms with Gasteiger partial charge in [-0.15, -0.1) is 0 Å². The Morgan fingerprint density at radius 2 is 1.95 bits per heavy atom. The van der Waals surface area contributed by atoms with Crippen molar-refractivity contribution in [3.63, 3.8) is 0 Å². The van der Waals surface area contributed by atoms with Crippen molar-refractivity contribution in [3.8, 4) is 0 Å². The van der Waals surface area contributed by atoms with E-state index in [1.54, 1.807) is 6.07 Å². The molecule has 0 spiro atoms. The molecule has 1 nitrogen and oxygen atoms in total. The average Bonchev–Trinajstić information content (AvgIpc) is 2.74. The molecule has 0 bridgehead atoms. The van der Waals surface area contributed by atoms with Crippen LogP contribution in [0.3, 0.4) is 0 Å². The van der Waals surface area contributed by atoms with Crippen LogP contribution in [-0.4, -0.2) is 0 Å². The molecule has 19 heavy (non-hydrogen) atoms. The molecule has 0 radical (unpaired) electrons. The van der Waals surface area contributed by atoms with Gasteiger partial charge in [-0.1, -0.05) is 48.0 Å². The predicted molar refractivity (Wildman–Crippen MR) is 75.7 cm³/mol. The van der Waals surface area contributed by atoms with E-state index in [-0.39, 0.29) is 10.8 Å². The fraction of sp³-hybridized carbons (Fsp3) is 0.250. The van der Waals surface area contributed by atoms with E-state index in [0.717, 1.165) is 24.0 Å². The fourth-order valence-corrected chi connectivity index (χ4v) is 3.12. The Hall–Kier alpha value is -1.38. The third kappa shape index (κ3) is 2.15. The van der Waals surface area contributed by atoms with E-state index >= 15 is 0 Å². The Bertz CT molecular complexity index is 626. The number of hydrogen-bond donors (Lipinski definition) is 1. The van der Waals surface area contributed by atoms with Crippen molar-refractivity contribution < 1.29 is 4.39 Å². The minimum Gasteiger partial charge on any atom is -0.321 e. The van der Waals surface area contributed by atoms with Crippen molar-refractivity contribution in [2.24, 2.45) is 5.73 Å². The number of nitrogens with two attached hydrogens (primary N) is 1. The number of rotatable bonds is 2. The second kappa shape index (κ2) is 4.62. The molecule has 0 fully saturated rings. The monoisotopic (exact) mass is 275 g/mol. The molecule has 3 rings (SSSR count). The van der Waals surface area contributed by atoms with Gasteiger partial charge in [-0.3, -0.25) is 0 Å². The standard InChI is InChI=1S/C16H15ClFN/c17-15-12(5-3-7-14(15)18)10-16(19)9-8-11-4-1-2-6-13(11)16/h1-7H,8-10,19H2. The molecule has 0 saturated heterocycles. The zero-order valence-corrected chi connectivity index (χ0v) is 11.3. The van der Waals surface area contributed by atoms with E-state index in [4.69, 9.17) is 17.3 Å². The Morgan fingerprint density at radius 3 is 2.79 bits per heavy atom. The maximum absolute atomic E-state index is 13.5. The van der Waals surface area contributed by atoms with Gasteiger partial charge in [0.25, 0.3) is 0 Å². The highest BCUT2D eigenvalue weighted by Crippen LogP contribution is 2.38. The van der Waals surface area contributed by atoms with Gasteiger partial charge in [0, 0.05) is 5.54 Å². The number of aryl methyl sites for hydroxylation is 1. The third-order valence-corrected chi connectivity index (χ3v) is 4.35. The van der Waals surface area contributed by atoms with Gasteiger partial charge >= 0.3 is 0 Å². The van der Waals surface area contributed by atoms with Crippen LogP contribution in [0.4, 0.5) is 4.39 Å². The predicted octanol–water partition coefficient (Wildman–Crippen LogP) is 3.82. The largest absolute Gasteiger partial charge is 0.321 e. The highest BCUT2D eigenvalue weighted by atomic mass is 35.5. The maximum Gasteiger partial charge on any atom is 0.142 e. The Labute approximate surface area is 117 Å². The summed E-state index contributed by atoms with van der Waals surface area (Å²) in [7, 11) is 0. The lowest BCUT2D eigenvalue weighted by Crippen LogP contribution is -2.36. The van der Waals surface area contributed by atoms with Crippen LogP contribution in [0.15, 0.2) is 42.5 Å². The Balaban J connectivity index is 1.98. The second-order valence-corrected chi connectivity index (χ2v) is 5.58. The Kier molecular flexibility index (Phi) is 3.08. The highest BCUT2D eigenvalue weighted by Gasteiger charge is 2.35. The number of halogens is 2. The summed E-state index contributed by atoms with van der Waals surface area (Å²) in [5.74, 6) is -0.381. The van der Waals surface area contributed by atoms with Crippen molar-refractivity contribution in [1.29, 1.82) is 0 Å². The van der Waals surface area contributed by atoms with Crippen molar-refractivity contribution in [2.45, 2.75) is 24.8 Å². The molecule has 2 N–H and O–H groups in total. The van der Waals surface area contributed by atoms with E-state index < -0.39 is 5.54 Å². The average molecular weight is 276 g/mol. The summed E-state index contributed by atoms with van der Waals surface area (Å²) in [6.45, 7) is 0. The van der Waals surface area contributed by atoms with Crippen LogP contribution in [-0.2, 0) is 18.4 Å². The maximum atomic E-state index is 13.5. The van der Waals surface area contributed by atoms with Crippen LogP contribution < -0.4 is 5.73 Å². The molecule has 2 aromatic rings. The molecule has 98 valence electrons. The van der Waals surface area contributed by atoms with E-state index in [1.165, 1.54) is 11.6 Å². The molecule has 3 heteroatoms. The van der Waals surface area contributed by atoms with Gasteiger partial charge in [0.05, 0.1) is 5.02 Å². The number of fused-ring (bicyclic) bond motifs is 1. The molecule has 0 saturated carbocycles. The van der Waals surface area contributed by atoms with Crippen LogP contribution >= 0.6 is 11.6 Å². The summed E-state index contributed by atoms with van der Waals surface area (Å²) >= 11 is 6.03. The van der Waals surface area contributed by atoms with Gasteiger partial charge in [0.1, 0.15) is 5.82 Å². The lowest BCUT2D eigenvalue weighted by molar-refractivity contribution is 0.438. The molecular weight excluding hydrogens is 261 g/mol. The first-order chi connectivity index (χ1) is 9.10. The minimum atomic E-state index is -0.436. The van der Waals surface area contributed by atoms with Gasteiger partial charge in [-0.2, -0.15) is 0 Å². The topological polar surface area (TPSA) is 26.0 Å². The normalized spacial score (nSPS) is 21.4. The number of hydrogen-bond acceptors (Lipinski definition) is 1. The second-order valence-electron chi connectivity index (χ2n) is 5.20. The molecule has 0 heterocycles. The summed E-state index contributed by atoms with van der Waals surface area (Å²) in [4.78, 5) is 0. The first-order valence-electron chi connectivity index (χ1n) is 6.40. The molecule has 0 amide bonds. The summed E-state index contributed by atoms with van der Waals surface area (Å²) in [5.41, 5.74) is 9.33. The van der Waals surface area contributed by atoms with Crippen molar-refractivity contribution in [1.82, 2.24) is 0 Å². The summed E-state index contributed by atoms with van der Waals surface area (Å²) in [6, 6.07) is 13.1. The van der Waals surface area contributed by atoms with Crippen LogP contribution in [0, 0.1) is 5.82 Å². The van der Waals surface area contributed by atoms with Crippen molar-refractivity contribution >= 4 is 11.6 Å². The number of benzene rings is 2. The summed E-state index contributed by atoms with van der Waals surface area (Å²) < 4.78 is 13.5. The van der Waals surface area contributed by atoms with E-state index in [1.807, 2.05) is 18.2 Å². The fourth-order valence-electron chi connectivity index (χ4n) is 2.92. The smallest absolute Gasteiger partial charge is 0.142 e. The molecule has 0 aliphatic heterocycles. The lowest BCUT2D eigenvalue weighted by Gasteiger charge is -2.26. The van der Waals surface area contributed by atoms with Crippen LogP contribution in [0.2, 0.25) is 5.02 Å². The first kappa shape index (κ1) is 12.6. The van der Waals surface area contributed by atoms with Crippen LogP contribution in [0.25, 0.3) is 0 Å². The van der Waals surface area contributed by atoms with E-state index in [2.05, 4.69) is 12.1 Å². The van der Waals surface area contributed by atoms with Crippen LogP contribution in [0.5, 0.6) is 0 Å².